The summed E-state index contributed by atoms with van der Waals surface area (Å²) in [5.74, 6) is 1.38. The Morgan fingerprint density at radius 2 is 1.73 bits per heavy atom. The molecule has 4 saturated carbocycles. The average molecular weight is 451 g/mol. The van der Waals surface area contributed by atoms with E-state index < -0.39 is 0 Å². The molecule has 4 aliphatic carbocycles. The maximum absolute atomic E-state index is 13.3. The summed E-state index contributed by atoms with van der Waals surface area (Å²) in [5, 5.41) is 6.03. The highest BCUT2D eigenvalue weighted by Gasteiger charge is 2.59. The number of halogens is 1. The molecule has 0 radical (unpaired) electrons. The Hall–Kier alpha value is -2.80. The van der Waals surface area contributed by atoms with Crippen molar-refractivity contribution in [2.45, 2.75) is 51.1 Å². The lowest BCUT2D eigenvalue weighted by molar-refractivity contribution is -0.150. The molecule has 0 saturated heterocycles. The molecule has 1 aromatic carbocycles. The number of nitrogens with two attached hydrogens (primary N) is 1. The molecule has 0 aliphatic heterocycles. The van der Waals surface area contributed by atoms with Gasteiger partial charge < -0.3 is 16.4 Å². The van der Waals surface area contributed by atoms with E-state index in [0.29, 0.717) is 24.3 Å². The van der Waals surface area contributed by atoms with Gasteiger partial charge in [-0.1, -0.05) is 12.1 Å². The molecule has 1 aromatic heterocycles. The van der Waals surface area contributed by atoms with Crippen LogP contribution >= 0.6 is 0 Å². The SMILES string of the molecule is NC(CC(=O)NCc1ccc(F)cc1)C1C2CC3CC1CC(C(=O)Nc1ccncc1)(C3)C2. The Morgan fingerprint density at radius 3 is 2.39 bits per heavy atom. The van der Waals surface area contributed by atoms with Gasteiger partial charge in [-0.2, -0.15) is 0 Å². The molecule has 0 spiro atoms. The van der Waals surface area contributed by atoms with Crippen molar-refractivity contribution in [3.8, 4) is 0 Å². The van der Waals surface area contributed by atoms with Crippen LogP contribution in [0.5, 0.6) is 0 Å². The summed E-state index contributed by atoms with van der Waals surface area (Å²) in [7, 11) is 0. The van der Waals surface area contributed by atoms with Gasteiger partial charge in [0.05, 0.1) is 5.41 Å². The molecule has 3 atom stereocenters. The summed E-state index contributed by atoms with van der Waals surface area (Å²) in [6, 6.07) is 9.55. The van der Waals surface area contributed by atoms with E-state index in [1.807, 2.05) is 12.1 Å². The Balaban J connectivity index is 1.20. The van der Waals surface area contributed by atoms with E-state index in [9.17, 15) is 14.0 Å². The normalized spacial score (nSPS) is 30.6. The maximum atomic E-state index is 13.3. The molecule has 2 amide bonds. The van der Waals surface area contributed by atoms with Crippen molar-refractivity contribution in [1.29, 1.82) is 0 Å². The lowest BCUT2D eigenvalue weighted by Gasteiger charge is -2.60. The summed E-state index contributed by atoms with van der Waals surface area (Å²) in [4.78, 5) is 29.9. The van der Waals surface area contributed by atoms with E-state index in [0.717, 1.165) is 43.4 Å². The fourth-order valence-corrected chi connectivity index (χ4v) is 6.96. The third kappa shape index (κ3) is 4.51. The molecule has 4 N–H and O–H groups in total. The van der Waals surface area contributed by atoms with E-state index in [2.05, 4.69) is 15.6 Å². The van der Waals surface area contributed by atoms with Crippen LogP contribution < -0.4 is 16.4 Å². The minimum Gasteiger partial charge on any atom is -0.352 e. The van der Waals surface area contributed by atoms with Gasteiger partial charge in [-0.3, -0.25) is 14.6 Å². The molecule has 6 nitrogen and oxygen atoms in total. The van der Waals surface area contributed by atoms with Crippen LogP contribution in [0.4, 0.5) is 10.1 Å². The molecule has 7 heteroatoms. The summed E-state index contributed by atoms with van der Waals surface area (Å²) in [6.07, 6.45) is 8.53. The van der Waals surface area contributed by atoms with Crippen molar-refractivity contribution in [2.24, 2.45) is 34.8 Å². The van der Waals surface area contributed by atoms with E-state index in [1.54, 1.807) is 24.5 Å². The molecule has 4 fully saturated rings. The number of hydrogen-bond donors (Lipinski definition) is 3. The quantitative estimate of drug-likeness (QED) is 0.600. The zero-order chi connectivity index (χ0) is 23.0. The van der Waals surface area contributed by atoms with Crippen molar-refractivity contribution in [2.75, 3.05) is 5.32 Å². The van der Waals surface area contributed by atoms with E-state index >= 15 is 0 Å². The Bertz CT molecular complexity index is 997. The number of benzene rings is 1. The standard InChI is InChI=1S/C26H31FN4O2/c27-20-3-1-16(2-4-20)15-30-23(32)11-22(28)24-18-9-17-10-19(24)14-26(12-17,13-18)25(33)31-21-5-7-29-8-6-21/h1-8,17-19,22,24H,9-15,28H2,(H,30,32)(H,29,31,33). The first kappa shape index (κ1) is 22.0. The zero-order valence-corrected chi connectivity index (χ0v) is 18.7. The molecule has 1 heterocycles. The van der Waals surface area contributed by atoms with Crippen LogP contribution in [-0.2, 0) is 16.1 Å². The van der Waals surface area contributed by atoms with Crippen molar-refractivity contribution in [1.82, 2.24) is 10.3 Å². The minimum absolute atomic E-state index is 0.0780. The van der Waals surface area contributed by atoms with Crippen molar-refractivity contribution >= 4 is 17.5 Å². The number of amides is 2. The largest absolute Gasteiger partial charge is 0.352 e. The Morgan fingerprint density at radius 1 is 1.06 bits per heavy atom. The van der Waals surface area contributed by atoms with Crippen molar-refractivity contribution in [3.63, 3.8) is 0 Å². The number of nitrogens with one attached hydrogen (secondary N) is 2. The van der Waals surface area contributed by atoms with Crippen LogP contribution in [0, 0.1) is 34.9 Å². The number of pyridine rings is 1. The second kappa shape index (κ2) is 8.86. The molecular weight excluding hydrogens is 419 g/mol. The third-order valence-electron chi connectivity index (χ3n) is 8.08. The molecule has 4 aliphatic rings. The number of carbonyl (C=O) groups is 2. The second-order valence-electron chi connectivity index (χ2n) is 10.3. The fourth-order valence-electron chi connectivity index (χ4n) is 6.96. The predicted molar refractivity (Wildman–Crippen MR) is 123 cm³/mol. The van der Waals surface area contributed by atoms with Gasteiger partial charge in [-0.05, 0) is 85.6 Å². The summed E-state index contributed by atoms with van der Waals surface area (Å²) < 4.78 is 13.1. The zero-order valence-electron chi connectivity index (χ0n) is 18.7. The number of carbonyl (C=O) groups excluding carboxylic acids is 2. The highest BCUT2D eigenvalue weighted by atomic mass is 19.1. The lowest BCUT2D eigenvalue weighted by Crippen LogP contribution is -2.59. The maximum Gasteiger partial charge on any atom is 0.230 e. The lowest BCUT2D eigenvalue weighted by atomic mass is 9.45. The van der Waals surface area contributed by atoms with Crippen LogP contribution in [0.2, 0.25) is 0 Å². The number of aromatic nitrogens is 1. The van der Waals surface area contributed by atoms with Crippen LogP contribution in [0.15, 0.2) is 48.8 Å². The van der Waals surface area contributed by atoms with Gasteiger partial charge in [0.25, 0.3) is 0 Å². The van der Waals surface area contributed by atoms with Crippen LogP contribution in [0.25, 0.3) is 0 Å². The smallest absolute Gasteiger partial charge is 0.230 e. The van der Waals surface area contributed by atoms with Crippen LogP contribution in [0.3, 0.4) is 0 Å². The van der Waals surface area contributed by atoms with Gasteiger partial charge in [-0.25, -0.2) is 4.39 Å². The molecule has 4 bridgehead atoms. The predicted octanol–water partition coefficient (Wildman–Crippen LogP) is 3.64. The van der Waals surface area contributed by atoms with E-state index in [4.69, 9.17) is 5.73 Å². The van der Waals surface area contributed by atoms with Gasteiger partial charge in [0.2, 0.25) is 11.8 Å². The molecule has 174 valence electrons. The molecule has 3 unspecified atom stereocenters. The Labute approximate surface area is 193 Å². The van der Waals surface area contributed by atoms with Gasteiger partial charge in [0.1, 0.15) is 5.82 Å². The second-order valence-corrected chi connectivity index (χ2v) is 10.3. The number of hydrogen-bond acceptors (Lipinski definition) is 4. The van der Waals surface area contributed by atoms with Gasteiger partial charge in [0, 0.05) is 37.1 Å². The first-order chi connectivity index (χ1) is 15.9. The minimum atomic E-state index is -0.319. The molecule has 2 aromatic rings. The highest BCUT2D eigenvalue weighted by Crippen LogP contribution is 2.63. The van der Waals surface area contributed by atoms with E-state index in [-0.39, 0.29) is 41.4 Å². The summed E-state index contributed by atoms with van der Waals surface area (Å²) in [5.41, 5.74) is 7.94. The molecular formula is C26H31FN4O2. The first-order valence-corrected chi connectivity index (χ1v) is 11.9. The van der Waals surface area contributed by atoms with Gasteiger partial charge in [0.15, 0.2) is 0 Å². The van der Waals surface area contributed by atoms with Crippen molar-refractivity contribution < 1.29 is 14.0 Å². The average Bonchev–Trinajstić information content (AvgIpc) is 2.78. The first-order valence-electron chi connectivity index (χ1n) is 11.9. The topological polar surface area (TPSA) is 97.1 Å². The third-order valence-corrected chi connectivity index (χ3v) is 8.08. The van der Waals surface area contributed by atoms with Crippen molar-refractivity contribution in [3.05, 3.63) is 60.2 Å². The summed E-state index contributed by atoms with van der Waals surface area (Å²) in [6.45, 7) is 0.365. The van der Waals surface area contributed by atoms with Crippen LogP contribution in [0.1, 0.15) is 44.1 Å². The Kier molecular flexibility index (Phi) is 5.91. The number of rotatable bonds is 7. The van der Waals surface area contributed by atoms with Crippen LogP contribution in [-0.4, -0.2) is 22.8 Å². The van der Waals surface area contributed by atoms with Gasteiger partial charge >= 0.3 is 0 Å². The monoisotopic (exact) mass is 450 g/mol. The fraction of sp³-hybridized carbons (Fsp3) is 0.500. The number of nitrogens with zero attached hydrogens (tertiary/aromatic N) is 1. The summed E-state index contributed by atoms with van der Waals surface area (Å²) >= 11 is 0. The number of anilines is 1. The van der Waals surface area contributed by atoms with Gasteiger partial charge in [-0.15, -0.1) is 0 Å². The highest BCUT2D eigenvalue weighted by molar-refractivity contribution is 5.95. The molecule has 33 heavy (non-hydrogen) atoms. The van der Waals surface area contributed by atoms with E-state index in [1.165, 1.54) is 12.1 Å². The molecule has 6 rings (SSSR count).